The highest BCUT2D eigenvalue weighted by molar-refractivity contribution is 6.15. The smallest absolute Gasteiger partial charge is 0.415 e. The maximum Gasteiger partial charge on any atom is 0.415 e. The van der Waals surface area contributed by atoms with Gasteiger partial charge in [-0.1, -0.05) is 6.07 Å². The second kappa shape index (κ2) is 7.20. The number of amides is 1. The number of hydrogen-bond donors (Lipinski definition) is 0. The minimum Gasteiger partial charge on any atom is -0.452 e. The first kappa shape index (κ1) is 17.2. The molecule has 1 fully saturated rings. The first-order chi connectivity index (χ1) is 13.1. The molecule has 1 saturated heterocycles. The Balaban J connectivity index is 1.56. The van der Waals surface area contributed by atoms with E-state index in [0.717, 1.165) is 5.56 Å². The summed E-state index contributed by atoms with van der Waals surface area (Å²) in [6.45, 7) is 3.78. The highest BCUT2D eigenvalue weighted by Gasteiger charge is 2.30. The van der Waals surface area contributed by atoms with Crippen molar-refractivity contribution in [1.82, 2.24) is 9.88 Å². The molecule has 0 N–H and O–H groups in total. The number of carbonyl (C=O) groups is 2. The zero-order chi connectivity index (χ0) is 18.8. The summed E-state index contributed by atoms with van der Waals surface area (Å²) < 4.78 is 16.4. The molecule has 4 rings (SSSR count). The Labute approximate surface area is 156 Å². The van der Waals surface area contributed by atoms with Gasteiger partial charge in [-0.2, -0.15) is 0 Å². The molecule has 2 aliphatic heterocycles. The van der Waals surface area contributed by atoms with Gasteiger partial charge in [-0.3, -0.25) is 9.78 Å². The summed E-state index contributed by atoms with van der Waals surface area (Å²) in [6.07, 6.45) is 4.52. The number of morpholine rings is 1. The largest absolute Gasteiger partial charge is 0.452 e. The molecule has 0 atom stereocenters. The van der Waals surface area contributed by atoms with Crippen LogP contribution in [0.3, 0.4) is 0 Å². The van der Waals surface area contributed by atoms with E-state index < -0.39 is 6.09 Å². The highest BCUT2D eigenvalue weighted by atomic mass is 16.6. The summed E-state index contributed by atoms with van der Waals surface area (Å²) in [5.41, 5.74) is 1.94. The number of benzene rings is 1. The van der Waals surface area contributed by atoms with Crippen molar-refractivity contribution in [3.8, 4) is 11.5 Å². The van der Waals surface area contributed by atoms with E-state index in [2.05, 4.69) is 4.98 Å². The number of allylic oxidation sites excluding steroid dienone is 1. The van der Waals surface area contributed by atoms with Gasteiger partial charge in [0.15, 0.2) is 5.76 Å². The lowest BCUT2D eigenvalue weighted by Gasteiger charge is -2.25. The number of aryl methyl sites for hydroxylation is 1. The van der Waals surface area contributed by atoms with Crippen molar-refractivity contribution in [2.75, 3.05) is 26.3 Å². The van der Waals surface area contributed by atoms with Crippen molar-refractivity contribution in [2.45, 2.75) is 6.92 Å². The van der Waals surface area contributed by atoms with E-state index in [9.17, 15) is 9.59 Å². The molecule has 0 saturated carbocycles. The third kappa shape index (κ3) is 3.54. The fraction of sp³-hybridized carbons (Fsp3) is 0.250. The van der Waals surface area contributed by atoms with Crippen molar-refractivity contribution in [3.05, 3.63) is 59.1 Å². The highest BCUT2D eigenvalue weighted by Crippen LogP contribution is 2.37. The number of fused-ring (bicyclic) bond motifs is 1. The summed E-state index contributed by atoms with van der Waals surface area (Å²) in [6, 6.07) is 6.86. The molecule has 2 aliphatic rings. The predicted molar refractivity (Wildman–Crippen MR) is 96.8 cm³/mol. The molecule has 0 bridgehead atoms. The molecule has 27 heavy (non-hydrogen) atoms. The van der Waals surface area contributed by atoms with Crippen LogP contribution in [0.4, 0.5) is 4.79 Å². The second-order valence-corrected chi connectivity index (χ2v) is 6.31. The van der Waals surface area contributed by atoms with Gasteiger partial charge in [-0.15, -0.1) is 0 Å². The maximum absolute atomic E-state index is 12.7. The number of pyridine rings is 1. The number of ketones is 1. The molecule has 1 aromatic heterocycles. The Morgan fingerprint density at radius 2 is 2.11 bits per heavy atom. The van der Waals surface area contributed by atoms with Crippen LogP contribution in [-0.4, -0.2) is 48.1 Å². The fourth-order valence-electron chi connectivity index (χ4n) is 3.06. The van der Waals surface area contributed by atoms with Gasteiger partial charge >= 0.3 is 6.09 Å². The molecule has 7 nitrogen and oxygen atoms in total. The molecular formula is C20H18N2O5. The minimum atomic E-state index is -0.437. The lowest BCUT2D eigenvalue weighted by molar-refractivity contribution is 0.0416. The molecule has 0 aliphatic carbocycles. The van der Waals surface area contributed by atoms with Crippen molar-refractivity contribution < 1.29 is 23.8 Å². The molecule has 0 unspecified atom stereocenters. The summed E-state index contributed by atoms with van der Waals surface area (Å²) in [7, 11) is 0. The van der Waals surface area contributed by atoms with Gasteiger partial charge in [0.1, 0.15) is 11.5 Å². The van der Waals surface area contributed by atoms with Gasteiger partial charge in [0.25, 0.3) is 0 Å². The molecule has 0 radical (unpaired) electrons. The van der Waals surface area contributed by atoms with Gasteiger partial charge in [-0.05, 0) is 36.3 Å². The maximum atomic E-state index is 12.7. The molecular weight excluding hydrogens is 348 g/mol. The van der Waals surface area contributed by atoms with E-state index in [1.54, 1.807) is 48.5 Å². The topological polar surface area (TPSA) is 78.0 Å². The quantitative estimate of drug-likeness (QED) is 0.761. The number of carbonyl (C=O) groups excluding carboxylic acids is 2. The Hall–Kier alpha value is -3.19. The van der Waals surface area contributed by atoms with Crippen molar-refractivity contribution >= 4 is 18.0 Å². The number of rotatable bonds is 2. The van der Waals surface area contributed by atoms with Gasteiger partial charge in [0.05, 0.1) is 18.8 Å². The molecule has 1 amide bonds. The van der Waals surface area contributed by atoms with Crippen molar-refractivity contribution in [1.29, 1.82) is 0 Å². The number of hydrogen-bond acceptors (Lipinski definition) is 6. The van der Waals surface area contributed by atoms with E-state index in [0.29, 0.717) is 48.9 Å². The third-order valence-electron chi connectivity index (χ3n) is 4.40. The fourth-order valence-corrected chi connectivity index (χ4v) is 3.06. The summed E-state index contributed by atoms with van der Waals surface area (Å²) in [5.74, 6) is 0.758. The Morgan fingerprint density at radius 1 is 1.30 bits per heavy atom. The van der Waals surface area contributed by atoms with Crippen molar-refractivity contribution in [3.63, 3.8) is 0 Å². The number of Topliss-reactive ketones (excluding diaryl/α,β-unsaturated/α-hetero) is 1. The van der Waals surface area contributed by atoms with Crippen LogP contribution in [0.1, 0.15) is 21.5 Å². The average Bonchev–Trinajstić information content (AvgIpc) is 2.99. The summed E-state index contributed by atoms with van der Waals surface area (Å²) in [5, 5.41) is 0. The van der Waals surface area contributed by atoms with Crippen LogP contribution in [0.15, 0.2) is 42.4 Å². The van der Waals surface area contributed by atoms with Crippen LogP contribution in [-0.2, 0) is 4.74 Å². The lowest BCUT2D eigenvalue weighted by atomic mass is 10.0. The Bertz CT molecular complexity index is 917. The Morgan fingerprint density at radius 3 is 2.85 bits per heavy atom. The van der Waals surface area contributed by atoms with E-state index >= 15 is 0 Å². The molecule has 3 heterocycles. The van der Waals surface area contributed by atoms with Gasteiger partial charge < -0.3 is 19.1 Å². The van der Waals surface area contributed by atoms with Crippen LogP contribution < -0.4 is 9.47 Å². The van der Waals surface area contributed by atoms with Gasteiger partial charge in [-0.25, -0.2) is 4.79 Å². The molecule has 1 aromatic carbocycles. The third-order valence-corrected chi connectivity index (χ3v) is 4.40. The lowest BCUT2D eigenvalue weighted by Crippen LogP contribution is -2.42. The number of aromatic nitrogens is 1. The van der Waals surface area contributed by atoms with E-state index in [-0.39, 0.29) is 11.5 Å². The Kier molecular flexibility index (Phi) is 4.60. The van der Waals surface area contributed by atoms with Gasteiger partial charge in [0, 0.05) is 31.5 Å². The zero-order valence-corrected chi connectivity index (χ0v) is 14.8. The number of ether oxygens (including phenoxy) is 3. The van der Waals surface area contributed by atoms with Crippen LogP contribution in [0, 0.1) is 6.92 Å². The summed E-state index contributed by atoms with van der Waals surface area (Å²) in [4.78, 5) is 30.5. The SMILES string of the molecule is Cc1cc(OC(=O)N2CCOCC2)cc2c1C(=O)/C(=C/c1cccnc1)O2. The van der Waals surface area contributed by atoms with Crippen molar-refractivity contribution in [2.24, 2.45) is 0 Å². The van der Waals surface area contributed by atoms with E-state index in [4.69, 9.17) is 14.2 Å². The monoisotopic (exact) mass is 366 g/mol. The molecule has 138 valence electrons. The molecule has 0 spiro atoms. The predicted octanol–water partition coefficient (Wildman–Crippen LogP) is 2.84. The summed E-state index contributed by atoms with van der Waals surface area (Å²) >= 11 is 0. The molecule has 2 aromatic rings. The molecule has 7 heteroatoms. The standard InChI is InChI=1S/C20H18N2O5/c1-13-9-15(26-20(24)22-5-7-25-8-6-22)11-16-18(13)19(23)17(27-16)10-14-3-2-4-21-12-14/h2-4,9-12H,5-8H2,1H3/b17-10-. The average molecular weight is 366 g/mol. The second-order valence-electron chi connectivity index (χ2n) is 6.31. The van der Waals surface area contributed by atoms with E-state index in [1.165, 1.54) is 0 Å². The van der Waals surface area contributed by atoms with Crippen LogP contribution in [0.5, 0.6) is 11.5 Å². The normalized spacial score (nSPS) is 17.6. The van der Waals surface area contributed by atoms with Crippen LogP contribution >= 0.6 is 0 Å². The first-order valence-electron chi connectivity index (χ1n) is 8.65. The first-order valence-corrected chi connectivity index (χ1v) is 8.65. The van der Waals surface area contributed by atoms with Gasteiger partial charge in [0.2, 0.25) is 5.78 Å². The minimum absolute atomic E-state index is 0.197. The van der Waals surface area contributed by atoms with Crippen LogP contribution in [0.2, 0.25) is 0 Å². The van der Waals surface area contributed by atoms with Crippen LogP contribution in [0.25, 0.3) is 6.08 Å². The van der Waals surface area contributed by atoms with E-state index in [1.807, 2.05) is 6.07 Å². The number of nitrogens with zero attached hydrogens (tertiary/aromatic N) is 2. The zero-order valence-electron chi connectivity index (χ0n) is 14.8.